The van der Waals surface area contributed by atoms with Crippen molar-refractivity contribution in [3.05, 3.63) is 42.5 Å². The van der Waals surface area contributed by atoms with E-state index < -0.39 is 0 Å². The van der Waals surface area contributed by atoms with Crippen LogP contribution in [0, 0.1) is 0 Å². The molecule has 1 aliphatic rings. The Morgan fingerprint density at radius 1 is 1.00 bits per heavy atom. The molecule has 1 aromatic heterocycles. The lowest BCUT2D eigenvalue weighted by Crippen LogP contribution is -1.92. The molecule has 3 aromatic rings. The summed E-state index contributed by atoms with van der Waals surface area (Å²) in [7, 11) is 1.62. The first kappa shape index (κ1) is 12.7. The minimum Gasteiger partial charge on any atom is -0.497 e. The topological polar surface area (TPSA) is 66.6 Å². The van der Waals surface area contributed by atoms with Crippen LogP contribution in [0.4, 0.5) is 0 Å². The molecule has 4 rings (SSSR count). The Kier molecular flexibility index (Phi) is 2.93. The zero-order valence-corrected chi connectivity index (χ0v) is 11.8. The highest BCUT2D eigenvalue weighted by atomic mass is 16.7. The summed E-state index contributed by atoms with van der Waals surface area (Å²) >= 11 is 0. The largest absolute Gasteiger partial charge is 0.497 e. The lowest BCUT2D eigenvalue weighted by Gasteiger charge is -2.00. The fraction of sp³-hybridized carbons (Fsp3) is 0.125. The highest BCUT2D eigenvalue weighted by Gasteiger charge is 2.17. The van der Waals surface area contributed by atoms with Crippen LogP contribution in [-0.2, 0) is 0 Å². The van der Waals surface area contributed by atoms with Crippen LogP contribution in [0.5, 0.6) is 17.2 Å². The van der Waals surface area contributed by atoms with Gasteiger partial charge in [-0.2, -0.15) is 4.98 Å². The van der Waals surface area contributed by atoms with Gasteiger partial charge < -0.3 is 18.7 Å². The molecule has 6 heteroatoms. The highest BCUT2D eigenvalue weighted by Crippen LogP contribution is 2.35. The van der Waals surface area contributed by atoms with Crippen molar-refractivity contribution in [2.75, 3.05) is 13.9 Å². The van der Waals surface area contributed by atoms with E-state index in [-0.39, 0.29) is 6.79 Å². The average Bonchev–Trinajstić information content (AvgIpc) is 3.23. The molecule has 22 heavy (non-hydrogen) atoms. The van der Waals surface area contributed by atoms with E-state index in [1.165, 1.54) is 0 Å². The maximum Gasteiger partial charge on any atom is 0.258 e. The van der Waals surface area contributed by atoms with Gasteiger partial charge >= 0.3 is 0 Å². The number of rotatable bonds is 3. The van der Waals surface area contributed by atoms with Crippen molar-refractivity contribution in [3.8, 4) is 40.1 Å². The number of hydrogen-bond donors (Lipinski definition) is 0. The van der Waals surface area contributed by atoms with Crippen molar-refractivity contribution in [3.63, 3.8) is 0 Å². The predicted octanol–water partition coefficient (Wildman–Crippen LogP) is 3.14. The molecule has 6 nitrogen and oxygen atoms in total. The summed E-state index contributed by atoms with van der Waals surface area (Å²) < 4.78 is 21.2. The van der Waals surface area contributed by atoms with Gasteiger partial charge in [0.2, 0.25) is 12.6 Å². The average molecular weight is 296 g/mol. The molecule has 0 aliphatic carbocycles. The van der Waals surface area contributed by atoms with Crippen molar-refractivity contribution < 1.29 is 18.7 Å². The monoisotopic (exact) mass is 296 g/mol. The van der Waals surface area contributed by atoms with Gasteiger partial charge in [0.25, 0.3) is 5.89 Å². The van der Waals surface area contributed by atoms with Gasteiger partial charge in [0, 0.05) is 11.1 Å². The van der Waals surface area contributed by atoms with Gasteiger partial charge in [-0.25, -0.2) is 0 Å². The van der Waals surface area contributed by atoms with Crippen molar-refractivity contribution in [1.82, 2.24) is 10.1 Å². The number of fused-ring (bicyclic) bond motifs is 1. The Bertz CT molecular complexity index is 829. The number of ether oxygens (including phenoxy) is 3. The van der Waals surface area contributed by atoms with Crippen LogP contribution in [-0.4, -0.2) is 24.0 Å². The molecule has 0 saturated heterocycles. The molecule has 110 valence electrons. The van der Waals surface area contributed by atoms with Crippen LogP contribution < -0.4 is 14.2 Å². The molecule has 2 aromatic carbocycles. The zero-order chi connectivity index (χ0) is 14.9. The van der Waals surface area contributed by atoms with Crippen molar-refractivity contribution >= 4 is 0 Å². The molecular formula is C16H12N2O4. The fourth-order valence-corrected chi connectivity index (χ4v) is 2.25. The smallest absolute Gasteiger partial charge is 0.258 e. The van der Waals surface area contributed by atoms with Crippen LogP contribution >= 0.6 is 0 Å². The summed E-state index contributed by atoms with van der Waals surface area (Å²) in [6.45, 7) is 0.236. The summed E-state index contributed by atoms with van der Waals surface area (Å²) in [5.74, 6) is 3.08. The third-order valence-electron chi connectivity index (χ3n) is 3.37. The molecule has 1 aliphatic heterocycles. The van der Waals surface area contributed by atoms with Gasteiger partial charge in [-0.15, -0.1) is 0 Å². The lowest BCUT2D eigenvalue weighted by atomic mass is 10.2. The number of methoxy groups -OCH3 is 1. The van der Waals surface area contributed by atoms with Crippen LogP contribution in [0.3, 0.4) is 0 Å². The molecule has 0 radical (unpaired) electrons. The van der Waals surface area contributed by atoms with Crippen LogP contribution in [0.1, 0.15) is 0 Å². The van der Waals surface area contributed by atoms with Gasteiger partial charge in [-0.05, 0) is 36.4 Å². The molecule has 0 saturated carbocycles. The van der Waals surface area contributed by atoms with E-state index in [2.05, 4.69) is 10.1 Å². The van der Waals surface area contributed by atoms with Gasteiger partial charge in [0.05, 0.1) is 7.11 Å². The van der Waals surface area contributed by atoms with Crippen molar-refractivity contribution in [2.45, 2.75) is 0 Å². The Hall–Kier alpha value is -3.02. The summed E-state index contributed by atoms with van der Waals surface area (Å²) in [6.07, 6.45) is 0. The third-order valence-corrected chi connectivity index (χ3v) is 3.37. The van der Waals surface area contributed by atoms with E-state index in [1.54, 1.807) is 7.11 Å². The first-order valence-corrected chi connectivity index (χ1v) is 6.71. The van der Waals surface area contributed by atoms with E-state index in [4.69, 9.17) is 18.7 Å². The minimum atomic E-state index is 0.236. The molecule has 0 amide bonds. The standard InChI is InChI=1S/C16H12N2O4/c1-19-12-4-2-3-11(7-12)16-17-15(18-22-16)10-5-6-13-14(8-10)21-9-20-13/h2-8H,9H2,1H3. The second-order valence-corrected chi connectivity index (χ2v) is 4.72. The first-order chi connectivity index (χ1) is 10.8. The Labute approximate surface area is 126 Å². The second-order valence-electron chi connectivity index (χ2n) is 4.72. The lowest BCUT2D eigenvalue weighted by molar-refractivity contribution is 0.174. The molecule has 0 bridgehead atoms. The number of aromatic nitrogens is 2. The Morgan fingerprint density at radius 3 is 2.82 bits per heavy atom. The van der Waals surface area contributed by atoms with Gasteiger partial charge in [0.1, 0.15) is 5.75 Å². The molecule has 0 atom stereocenters. The molecule has 0 fully saturated rings. The Morgan fingerprint density at radius 2 is 1.91 bits per heavy atom. The summed E-state index contributed by atoms with van der Waals surface area (Å²) in [5, 5.41) is 4.02. The molecular weight excluding hydrogens is 284 g/mol. The normalized spacial score (nSPS) is 12.4. The van der Waals surface area contributed by atoms with E-state index in [1.807, 2.05) is 42.5 Å². The minimum absolute atomic E-state index is 0.236. The van der Waals surface area contributed by atoms with Crippen molar-refractivity contribution in [1.29, 1.82) is 0 Å². The van der Waals surface area contributed by atoms with Crippen molar-refractivity contribution in [2.24, 2.45) is 0 Å². The maximum atomic E-state index is 5.36. The summed E-state index contributed by atoms with van der Waals surface area (Å²) in [4.78, 5) is 4.42. The van der Waals surface area contributed by atoms with Crippen LogP contribution in [0.15, 0.2) is 47.0 Å². The maximum absolute atomic E-state index is 5.36. The molecule has 0 spiro atoms. The zero-order valence-electron chi connectivity index (χ0n) is 11.8. The third kappa shape index (κ3) is 2.14. The number of hydrogen-bond acceptors (Lipinski definition) is 6. The Balaban J connectivity index is 1.69. The quantitative estimate of drug-likeness (QED) is 0.739. The highest BCUT2D eigenvalue weighted by molar-refractivity contribution is 5.64. The van der Waals surface area contributed by atoms with E-state index in [9.17, 15) is 0 Å². The molecule has 0 unspecified atom stereocenters. The number of benzene rings is 2. The summed E-state index contributed by atoms with van der Waals surface area (Å²) in [5.41, 5.74) is 1.61. The van der Waals surface area contributed by atoms with Gasteiger partial charge in [0.15, 0.2) is 11.5 Å². The fourth-order valence-electron chi connectivity index (χ4n) is 2.25. The van der Waals surface area contributed by atoms with E-state index >= 15 is 0 Å². The van der Waals surface area contributed by atoms with Gasteiger partial charge in [-0.3, -0.25) is 0 Å². The van der Waals surface area contributed by atoms with Gasteiger partial charge in [-0.1, -0.05) is 11.2 Å². The molecule has 0 N–H and O–H groups in total. The first-order valence-electron chi connectivity index (χ1n) is 6.71. The van der Waals surface area contributed by atoms with E-state index in [0.717, 1.165) is 22.6 Å². The predicted molar refractivity (Wildman–Crippen MR) is 77.8 cm³/mol. The van der Waals surface area contributed by atoms with Crippen LogP contribution in [0.25, 0.3) is 22.8 Å². The second kappa shape index (κ2) is 5.07. The molecule has 2 heterocycles. The van der Waals surface area contributed by atoms with Crippen LogP contribution in [0.2, 0.25) is 0 Å². The summed E-state index contributed by atoms with van der Waals surface area (Å²) in [6, 6.07) is 13.0. The number of nitrogens with zero attached hydrogens (tertiary/aromatic N) is 2. The SMILES string of the molecule is COc1cccc(-c2nc(-c3ccc4c(c3)OCO4)no2)c1. The van der Waals surface area contributed by atoms with E-state index in [0.29, 0.717) is 17.5 Å².